The Morgan fingerprint density at radius 2 is 1.62 bits per heavy atom. The number of carbonyl (C=O) groups excluding carboxylic acids is 2. The molecule has 0 atom stereocenters. The first-order valence-corrected chi connectivity index (χ1v) is 13.0. The number of carboxylic acid groups (broad SMARTS) is 1. The Hall–Kier alpha value is -4.24. The summed E-state index contributed by atoms with van der Waals surface area (Å²) in [5, 5.41) is 11.6. The van der Waals surface area contributed by atoms with E-state index in [1.165, 1.54) is 42.5 Å². The van der Waals surface area contributed by atoms with Gasteiger partial charge in [0.15, 0.2) is 0 Å². The molecule has 1 aromatic heterocycles. The molecule has 2 N–H and O–H groups in total. The largest absolute Gasteiger partial charge is 0.478 e. The molecule has 42 heavy (non-hydrogen) atoms. The van der Waals surface area contributed by atoms with Crippen molar-refractivity contribution in [2.24, 2.45) is 0 Å². The van der Waals surface area contributed by atoms with Crippen molar-refractivity contribution in [3.05, 3.63) is 93.5 Å². The highest BCUT2D eigenvalue weighted by Crippen LogP contribution is 2.38. The molecule has 0 unspecified atom stereocenters. The Balaban J connectivity index is 1.50. The summed E-state index contributed by atoms with van der Waals surface area (Å²) in [7, 11) is 0. The fraction of sp³-hybridized carbons (Fsp3) is 0.148. The van der Waals surface area contributed by atoms with Gasteiger partial charge in [-0.15, -0.1) is 0 Å². The first-order chi connectivity index (χ1) is 19.6. The van der Waals surface area contributed by atoms with E-state index in [4.69, 9.17) is 17.3 Å². The van der Waals surface area contributed by atoms with E-state index in [0.29, 0.717) is 17.7 Å². The first kappa shape index (κ1) is 30.7. The molecule has 0 aliphatic carbocycles. The number of hydrogen-bond donors (Lipinski definition) is 2. The quantitative estimate of drug-likeness (QED) is 0.189. The number of nitrogens with one attached hydrogen (secondary N) is 1. The number of aromatic nitrogens is 1. The lowest BCUT2D eigenvalue weighted by molar-refractivity contribution is -0.143. The molecule has 3 aromatic rings. The second-order valence-corrected chi connectivity index (χ2v) is 10.5. The number of thioether (sulfide) groups is 1. The van der Waals surface area contributed by atoms with Gasteiger partial charge in [0.05, 0.1) is 33.0 Å². The second-order valence-electron chi connectivity index (χ2n) is 8.79. The van der Waals surface area contributed by atoms with Crippen molar-refractivity contribution in [2.75, 3.05) is 6.54 Å². The normalized spacial score (nSPS) is 14.9. The topological polar surface area (TPSA) is 99.6 Å². The lowest BCUT2D eigenvalue weighted by Crippen LogP contribution is -2.39. The van der Waals surface area contributed by atoms with Crippen molar-refractivity contribution < 1.29 is 45.8 Å². The molecular formula is C27H17F6N3O4S2. The van der Waals surface area contributed by atoms with Gasteiger partial charge in [0.1, 0.15) is 10.9 Å². The third kappa shape index (κ3) is 7.33. The van der Waals surface area contributed by atoms with E-state index >= 15 is 0 Å². The van der Waals surface area contributed by atoms with Crippen LogP contribution < -0.4 is 5.32 Å². The molecule has 7 nitrogen and oxygen atoms in total. The van der Waals surface area contributed by atoms with E-state index in [1.807, 2.05) is 0 Å². The number of benzene rings is 2. The molecule has 2 aromatic carbocycles. The SMILES string of the molecule is O=C(CN1C(=O)/C(=C/c2cccc(-c3cc(C(F)(F)F)cc(C(F)(F)F)c3)n2)SC1=S)NCc1cccc(C(=O)O)c1. The van der Waals surface area contributed by atoms with Crippen molar-refractivity contribution in [3.8, 4) is 11.3 Å². The third-order valence-electron chi connectivity index (χ3n) is 5.77. The number of amides is 2. The molecule has 1 saturated heterocycles. The van der Waals surface area contributed by atoms with E-state index in [9.17, 15) is 40.7 Å². The van der Waals surface area contributed by atoms with E-state index in [2.05, 4.69) is 10.3 Å². The van der Waals surface area contributed by atoms with Gasteiger partial charge < -0.3 is 10.4 Å². The summed E-state index contributed by atoms with van der Waals surface area (Å²) in [6.07, 6.45) is -8.80. The predicted molar refractivity (Wildman–Crippen MR) is 145 cm³/mol. The lowest BCUT2D eigenvalue weighted by Gasteiger charge is -2.14. The zero-order valence-corrected chi connectivity index (χ0v) is 22.5. The molecule has 1 aliphatic heterocycles. The van der Waals surface area contributed by atoms with E-state index < -0.39 is 53.4 Å². The average molecular weight is 626 g/mol. The van der Waals surface area contributed by atoms with E-state index in [-0.39, 0.29) is 38.8 Å². The summed E-state index contributed by atoms with van der Waals surface area (Å²) in [5.41, 5.74) is -2.99. The molecule has 0 spiro atoms. The van der Waals surface area contributed by atoms with Crippen molar-refractivity contribution in [3.63, 3.8) is 0 Å². The molecule has 15 heteroatoms. The summed E-state index contributed by atoms with van der Waals surface area (Å²) in [5.74, 6) is -2.37. The second kappa shape index (κ2) is 11.9. The summed E-state index contributed by atoms with van der Waals surface area (Å²) in [4.78, 5) is 41.7. The molecule has 0 saturated carbocycles. The number of rotatable bonds is 7. The average Bonchev–Trinajstić information content (AvgIpc) is 3.18. The Labute approximate surface area is 243 Å². The summed E-state index contributed by atoms with van der Waals surface area (Å²) < 4.78 is 79.7. The number of aromatic carboxylic acids is 1. The highest BCUT2D eigenvalue weighted by molar-refractivity contribution is 8.26. The van der Waals surface area contributed by atoms with Crippen LogP contribution in [0.15, 0.2) is 65.6 Å². The first-order valence-electron chi connectivity index (χ1n) is 11.7. The number of halogens is 6. The maximum atomic E-state index is 13.3. The van der Waals surface area contributed by atoms with Crippen LogP contribution in [0.2, 0.25) is 0 Å². The van der Waals surface area contributed by atoms with Crippen LogP contribution in [0.1, 0.15) is 32.7 Å². The van der Waals surface area contributed by atoms with Crippen LogP contribution in [0.3, 0.4) is 0 Å². The monoisotopic (exact) mass is 625 g/mol. The molecular weight excluding hydrogens is 608 g/mol. The highest BCUT2D eigenvalue weighted by atomic mass is 32.2. The van der Waals surface area contributed by atoms with Gasteiger partial charge in [0.2, 0.25) is 5.91 Å². The van der Waals surface area contributed by atoms with Gasteiger partial charge >= 0.3 is 18.3 Å². The Kier molecular flexibility index (Phi) is 8.73. The van der Waals surface area contributed by atoms with Gasteiger partial charge in [0, 0.05) is 12.1 Å². The third-order valence-corrected chi connectivity index (χ3v) is 7.15. The van der Waals surface area contributed by atoms with Crippen molar-refractivity contribution in [2.45, 2.75) is 18.9 Å². The van der Waals surface area contributed by atoms with Crippen LogP contribution >= 0.6 is 24.0 Å². The lowest BCUT2D eigenvalue weighted by atomic mass is 10.0. The van der Waals surface area contributed by atoms with Gasteiger partial charge in [-0.05, 0) is 54.1 Å². The summed E-state index contributed by atoms with van der Waals surface area (Å²) in [6, 6.07) is 11.0. The Bertz CT molecular complexity index is 1590. The number of carboxylic acids is 1. The number of thiocarbonyl (C=S) groups is 1. The van der Waals surface area contributed by atoms with E-state index in [1.54, 1.807) is 6.07 Å². The molecule has 218 valence electrons. The molecule has 2 amide bonds. The number of hydrogen-bond acceptors (Lipinski definition) is 6. The zero-order valence-electron chi connectivity index (χ0n) is 20.9. The number of alkyl halides is 6. The minimum atomic E-state index is -5.03. The van der Waals surface area contributed by atoms with Gasteiger partial charge in [0.25, 0.3) is 5.91 Å². The van der Waals surface area contributed by atoms with Crippen LogP contribution in [0.4, 0.5) is 26.3 Å². The fourth-order valence-corrected chi connectivity index (χ4v) is 5.02. The van der Waals surface area contributed by atoms with E-state index in [0.717, 1.165) is 16.7 Å². The van der Waals surface area contributed by atoms with Crippen LogP contribution in [0, 0.1) is 0 Å². The Morgan fingerprint density at radius 3 is 2.24 bits per heavy atom. The Morgan fingerprint density at radius 1 is 0.976 bits per heavy atom. The molecule has 0 radical (unpaired) electrons. The molecule has 1 aliphatic rings. The van der Waals surface area contributed by atoms with Crippen molar-refractivity contribution in [1.82, 2.24) is 15.2 Å². The maximum Gasteiger partial charge on any atom is 0.416 e. The molecule has 2 heterocycles. The fourth-order valence-electron chi connectivity index (χ4n) is 3.78. The number of nitrogens with zero attached hydrogens (tertiary/aromatic N) is 2. The summed E-state index contributed by atoms with van der Waals surface area (Å²) in [6.45, 7) is -0.453. The number of carbonyl (C=O) groups is 3. The van der Waals surface area contributed by atoms with Crippen molar-refractivity contribution >= 4 is 52.2 Å². The van der Waals surface area contributed by atoms with Crippen LogP contribution in [0.5, 0.6) is 0 Å². The van der Waals surface area contributed by atoms with Crippen LogP contribution in [-0.2, 0) is 28.5 Å². The maximum absolute atomic E-state index is 13.3. The van der Waals surface area contributed by atoms with Gasteiger partial charge in [-0.1, -0.05) is 42.2 Å². The van der Waals surface area contributed by atoms with Gasteiger partial charge in [-0.2, -0.15) is 26.3 Å². The minimum Gasteiger partial charge on any atom is -0.478 e. The summed E-state index contributed by atoms with van der Waals surface area (Å²) >= 11 is 6.04. The predicted octanol–water partition coefficient (Wildman–Crippen LogP) is 6.00. The smallest absolute Gasteiger partial charge is 0.416 e. The van der Waals surface area contributed by atoms with Gasteiger partial charge in [-0.25, -0.2) is 9.78 Å². The van der Waals surface area contributed by atoms with Crippen molar-refractivity contribution in [1.29, 1.82) is 0 Å². The number of pyridine rings is 1. The van der Waals surface area contributed by atoms with Crippen LogP contribution in [-0.4, -0.2) is 43.6 Å². The van der Waals surface area contributed by atoms with Gasteiger partial charge in [-0.3, -0.25) is 14.5 Å². The standard InChI is InChI=1S/C27H17F6N3O4S2/c28-26(29,30)17-8-16(9-18(10-17)27(31,32)33)20-6-2-5-19(35-20)11-21-23(38)36(25(41)42-21)13-22(37)34-12-14-3-1-4-15(7-14)24(39)40/h1-11H,12-13H2,(H,34,37)(H,39,40)/b21-11-. The zero-order chi connectivity index (χ0) is 30.8. The minimum absolute atomic E-state index is 0.00705. The molecule has 1 fully saturated rings. The van der Waals surface area contributed by atoms with Crippen LogP contribution in [0.25, 0.3) is 17.3 Å². The molecule has 0 bridgehead atoms. The molecule has 4 rings (SSSR count). The highest BCUT2D eigenvalue weighted by Gasteiger charge is 2.37.